The molecular weight excluding hydrogens is 246 g/mol. The Morgan fingerprint density at radius 1 is 1.41 bits per heavy atom. The van der Waals surface area contributed by atoms with Gasteiger partial charge in [-0.05, 0) is 30.7 Å². The Kier molecular flexibility index (Phi) is 3.42. The van der Waals surface area contributed by atoms with Crippen LogP contribution in [-0.2, 0) is 0 Å². The summed E-state index contributed by atoms with van der Waals surface area (Å²) in [6.45, 7) is 1.17. The largest absolute Gasteiger partial charge is 0.308 e. The minimum Gasteiger partial charge on any atom is -0.308 e. The first-order chi connectivity index (χ1) is 8.33. The predicted octanol–water partition coefficient (Wildman–Crippen LogP) is 3.71. The highest BCUT2D eigenvalue weighted by molar-refractivity contribution is 8.00. The molecule has 1 aliphatic heterocycles. The van der Waals surface area contributed by atoms with Crippen LogP contribution in [0, 0.1) is 0 Å². The number of nitrogens with one attached hydrogen (secondary N) is 1. The molecule has 1 aromatic carbocycles. The third-order valence-corrected chi connectivity index (χ3v) is 6.67. The Labute approximate surface area is 112 Å². The summed E-state index contributed by atoms with van der Waals surface area (Å²) in [6, 6.07) is 9.40. The van der Waals surface area contributed by atoms with Gasteiger partial charge in [0, 0.05) is 28.0 Å². The lowest BCUT2D eigenvalue weighted by molar-refractivity contribution is 0.335. The molecule has 3 heteroatoms. The Balaban J connectivity index is 1.64. The van der Waals surface area contributed by atoms with Gasteiger partial charge in [0.25, 0.3) is 0 Å². The van der Waals surface area contributed by atoms with E-state index in [0.29, 0.717) is 10.8 Å². The average Bonchev–Trinajstić information content (AvgIpc) is 2.72. The summed E-state index contributed by atoms with van der Waals surface area (Å²) in [5.41, 5.74) is 1.51. The van der Waals surface area contributed by atoms with E-state index in [-0.39, 0.29) is 0 Å². The van der Waals surface area contributed by atoms with E-state index in [1.54, 1.807) is 0 Å². The zero-order valence-electron chi connectivity index (χ0n) is 10.2. The van der Waals surface area contributed by atoms with Gasteiger partial charge < -0.3 is 5.32 Å². The van der Waals surface area contributed by atoms with Crippen molar-refractivity contribution < 1.29 is 0 Å². The molecule has 1 atom stereocenters. The van der Waals surface area contributed by atoms with Gasteiger partial charge >= 0.3 is 0 Å². The Bertz CT molecular complexity index is 395. The Morgan fingerprint density at radius 2 is 2.24 bits per heavy atom. The van der Waals surface area contributed by atoms with Gasteiger partial charge in [0.05, 0.1) is 0 Å². The van der Waals surface area contributed by atoms with E-state index in [4.69, 9.17) is 0 Å². The van der Waals surface area contributed by atoms with E-state index >= 15 is 0 Å². The zero-order valence-corrected chi connectivity index (χ0v) is 11.9. The second kappa shape index (κ2) is 4.87. The van der Waals surface area contributed by atoms with E-state index in [1.807, 2.05) is 11.8 Å². The van der Waals surface area contributed by atoms with Gasteiger partial charge in [-0.3, -0.25) is 0 Å². The minimum atomic E-state index is 0.544. The fraction of sp³-hybridized carbons (Fsp3) is 0.571. The van der Waals surface area contributed by atoms with Crippen molar-refractivity contribution >= 4 is 23.5 Å². The van der Waals surface area contributed by atoms with Crippen molar-refractivity contribution in [2.75, 3.05) is 18.6 Å². The van der Waals surface area contributed by atoms with Crippen LogP contribution in [0.1, 0.15) is 30.9 Å². The molecule has 92 valence electrons. The maximum absolute atomic E-state index is 3.79. The molecule has 2 aliphatic rings. The number of hydrogen-bond acceptors (Lipinski definition) is 3. The summed E-state index contributed by atoms with van der Waals surface area (Å²) in [7, 11) is 0. The number of benzene rings is 1. The van der Waals surface area contributed by atoms with Crippen molar-refractivity contribution in [3.63, 3.8) is 0 Å². The molecule has 1 unspecified atom stereocenters. The van der Waals surface area contributed by atoms with Crippen LogP contribution in [0.25, 0.3) is 0 Å². The van der Waals surface area contributed by atoms with E-state index < -0.39 is 0 Å². The van der Waals surface area contributed by atoms with Gasteiger partial charge in [0.2, 0.25) is 0 Å². The average molecular weight is 265 g/mol. The summed E-state index contributed by atoms with van der Waals surface area (Å²) in [5.74, 6) is 1.20. The molecule has 0 radical (unpaired) electrons. The van der Waals surface area contributed by atoms with Crippen molar-refractivity contribution in [3.8, 4) is 0 Å². The highest BCUT2D eigenvalue weighted by atomic mass is 32.2. The number of fused-ring (bicyclic) bond motifs is 1. The fourth-order valence-electron chi connectivity index (χ4n) is 2.67. The first-order valence-corrected chi connectivity index (χ1v) is 8.54. The van der Waals surface area contributed by atoms with Crippen LogP contribution in [0.2, 0.25) is 0 Å². The molecule has 17 heavy (non-hydrogen) atoms. The molecule has 1 N–H and O–H groups in total. The standard InChI is InChI=1S/C14H19NS2/c1-16-14(7-4-8-14)10-15-12-9-17-13-6-3-2-5-11(12)13/h2-3,5-6,12,15H,4,7-10H2,1H3. The fourth-order valence-corrected chi connectivity index (χ4v) is 4.79. The summed E-state index contributed by atoms with van der Waals surface area (Å²) >= 11 is 4.04. The SMILES string of the molecule is CSC1(CNC2CSc3ccccc32)CCC1. The number of hydrogen-bond donors (Lipinski definition) is 1. The lowest BCUT2D eigenvalue weighted by atomic mass is 9.84. The van der Waals surface area contributed by atoms with Gasteiger partial charge in [-0.25, -0.2) is 0 Å². The van der Waals surface area contributed by atoms with Crippen molar-refractivity contribution in [2.24, 2.45) is 0 Å². The minimum absolute atomic E-state index is 0.544. The van der Waals surface area contributed by atoms with Gasteiger partial charge in [0.1, 0.15) is 0 Å². The maximum atomic E-state index is 3.79. The summed E-state index contributed by atoms with van der Waals surface area (Å²) in [6.07, 6.45) is 6.46. The second-order valence-electron chi connectivity index (χ2n) is 5.02. The van der Waals surface area contributed by atoms with Crippen LogP contribution in [0.5, 0.6) is 0 Å². The Morgan fingerprint density at radius 3 is 2.94 bits per heavy atom. The van der Waals surface area contributed by atoms with Crippen LogP contribution < -0.4 is 5.32 Å². The summed E-state index contributed by atoms with van der Waals surface area (Å²) in [5, 5.41) is 3.79. The molecule has 0 spiro atoms. The molecular formula is C14H19NS2. The number of thioether (sulfide) groups is 2. The van der Waals surface area contributed by atoms with Crippen molar-refractivity contribution in [1.82, 2.24) is 5.32 Å². The molecule has 1 nitrogen and oxygen atoms in total. The van der Waals surface area contributed by atoms with Crippen molar-refractivity contribution in [1.29, 1.82) is 0 Å². The molecule has 0 bridgehead atoms. The van der Waals surface area contributed by atoms with Crippen molar-refractivity contribution in [2.45, 2.75) is 34.9 Å². The highest BCUT2D eigenvalue weighted by Gasteiger charge is 2.36. The van der Waals surface area contributed by atoms with Crippen LogP contribution in [0.3, 0.4) is 0 Å². The van der Waals surface area contributed by atoms with E-state index in [0.717, 1.165) is 0 Å². The maximum Gasteiger partial charge on any atom is 0.0427 e. The molecule has 0 aromatic heterocycles. The van der Waals surface area contributed by atoms with Crippen LogP contribution in [-0.4, -0.2) is 23.3 Å². The molecule has 1 heterocycles. The quantitative estimate of drug-likeness (QED) is 0.891. The van der Waals surface area contributed by atoms with Crippen molar-refractivity contribution in [3.05, 3.63) is 29.8 Å². The molecule has 0 amide bonds. The molecule has 1 fully saturated rings. The first kappa shape index (κ1) is 11.9. The van der Waals surface area contributed by atoms with Crippen LogP contribution in [0.4, 0.5) is 0 Å². The van der Waals surface area contributed by atoms with Gasteiger partial charge in [-0.1, -0.05) is 24.6 Å². The topological polar surface area (TPSA) is 12.0 Å². The van der Waals surface area contributed by atoms with Crippen LogP contribution >= 0.6 is 23.5 Å². The predicted molar refractivity (Wildman–Crippen MR) is 78.0 cm³/mol. The molecule has 1 saturated carbocycles. The summed E-state index contributed by atoms with van der Waals surface area (Å²) in [4.78, 5) is 1.47. The zero-order chi connectivity index (χ0) is 11.7. The monoisotopic (exact) mass is 265 g/mol. The smallest absolute Gasteiger partial charge is 0.0427 e. The number of rotatable bonds is 4. The highest BCUT2D eigenvalue weighted by Crippen LogP contribution is 2.43. The third kappa shape index (κ3) is 2.25. The van der Waals surface area contributed by atoms with E-state index in [9.17, 15) is 0 Å². The molecule has 1 aliphatic carbocycles. The molecule has 0 saturated heterocycles. The lowest BCUT2D eigenvalue weighted by Gasteiger charge is -2.41. The van der Waals surface area contributed by atoms with Gasteiger partial charge in [-0.15, -0.1) is 11.8 Å². The van der Waals surface area contributed by atoms with E-state index in [1.165, 1.54) is 42.0 Å². The molecule has 3 rings (SSSR count). The second-order valence-corrected chi connectivity index (χ2v) is 7.36. The van der Waals surface area contributed by atoms with Gasteiger partial charge in [0.15, 0.2) is 0 Å². The Hall–Kier alpha value is -0.120. The molecule has 1 aromatic rings. The van der Waals surface area contributed by atoms with E-state index in [2.05, 4.69) is 47.6 Å². The summed E-state index contributed by atoms with van der Waals surface area (Å²) < 4.78 is 0.544. The van der Waals surface area contributed by atoms with Crippen LogP contribution in [0.15, 0.2) is 29.2 Å². The normalized spacial score (nSPS) is 25.4. The lowest BCUT2D eigenvalue weighted by Crippen LogP contribution is -2.44. The third-order valence-electron chi connectivity index (χ3n) is 4.07. The first-order valence-electron chi connectivity index (χ1n) is 6.33. The van der Waals surface area contributed by atoms with Gasteiger partial charge in [-0.2, -0.15) is 11.8 Å².